The molecule has 30 heavy (non-hydrogen) atoms. The van der Waals surface area contributed by atoms with Crippen molar-refractivity contribution in [1.29, 1.82) is 0 Å². The number of carbonyl (C=O) groups is 3. The van der Waals surface area contributed by atoms with Crippen molar-refractivity contribution in [1.82, 2.24) is 4.90 Å². The molecule has 0 aliphatic carbocycles. The lowest BCUT2D eigenvalue weighted by Crippen LogP contribution is -2.36. The fourth-order valence-corrected chi connectivity index (χ4v) is 4.19. The lowest BCUT2D eigenvalue weighted by Gasteiger charge is -2.23. The molecule has 0 amide bonds. The molecule has 174 valence electrons. The first kappa shape index (κ1) is 27.0. The van der Waals surface area contributed by atoms with Crippen LogP contribution in [0.25, 0.3) is 0 Å². The molecule has 1 aliphatic rings. The molecule has 2 unspecified atom stereocenters. The van der Waals surface area contributed by atoms with Crippen molar-refractivity contribution < 1.29 is 19.1 Å². The van der Waals surface area contributed by atoms with Gasteiger partial charge in [-0.15, -0.1) is 0 Å². The first-order chi connectivity index (χ1) is 14.3. The summed E-state index contributed by atoms with van der Waals surface area (Å²) in [4.78, 5) is 37.4. The van der Waals surface area contributed by atoms with Gasteiger partial charge in [-0.25, -0.2) is 0 Å². The van der Waals surface area contributed by atoms with Crippen LogP contribution in [0.1, 0.15) is 105 Å². The molecule has 1 rings (SSSR count). The average Bonchev–Trinajstić information content (AvgIpc) is 3.07. The number of hydrogen-bond donors (Lipinski definition) is 0. The van der Waals surface area contributed by atoms with E-state index in [4.69, 9.17) is 4.74 Å². The van der Waals surface area contributed by atoms with E-state index in [9.17, 15) is 14.4 Å². The van der Waals surface area contributed by atoms with E-state index in [1.54, 1.807) is 13.8 Å². The van der Waals surface area contributed by atoms with E-state index in [0.717, 1.165) is 71.1 Å². The summed E-state index contributed by atoms with van der Waals surface area (Å²) < 4.78 is 6.12. The van der Waals surface area contributed by atoms with Crippen LogP contribution in [0.3, 0.4) is 0 Å². The summed E-state index contributed by atoms with van der Waals surface area (Å²) >= 11 is 0. The zero-order valence-electron chi connectivity index (χ0n) is 19.9. The van der Waals surface area contributed by atoms with Crippen LogP contribution >= 0.6 is 0 Å². The van der Waals surface area contributed by atoms with E-state index in [2.05, 4.69) is 18.7 Å². The Labute approximate surface area is 184 Å². The van der Waals surface area contributed by atoms with Crippen LogP contribution in [-0.4, -0.2) is 54.1 Å². The number of Topliss-reactive ketones (excluding diaryl/α,β-unsaturated/α-hetero) is 3. The van der Waals surface area contributed by atoms with E-state index < -0.39 is 0 Å². The maximum Gasteiger partial charge on any atom is 0.150 e. The Bertz CT molecular complexity index is 517. The summed E-state index contributed by atoms with van der Waals surface area (Å²) in [5, 5.41) is 0. The third kappa shape index (κ3) is 12.6. The van der Waals surface area contributed by atoms with Gasteiger partial charge in [-0.1, -0.05) is 26.7 Å². The normalized spacial score (nSPS) is 19.5. The minimum Gasteiger partial charge on any atom is -0.377 e. The largest absolute Gasteiger partial charge is 0.377 e. The maximum atomic E-state index is 12.9. The van der Waals surface area contributed by atoms with Crippen molar-refractivity contribution in [3.8, 4) is 0 Å². The van der Waals surface area contributed by atoms with Crippen molar-refractivity contribution in [2.45, 2.75) is 117 Å². The number of carbonyl (C=O) groups excluding carboxylic acids is 3. The molecule has 0 aromatic carbocycles. The highest BCUT2D eigenvalue weighted by atomic mass is 16.5. The molecule has 0 N–H and O–H groups in total. The predicted octanol–water partition coefficient (Wildman–Crippen LogP) is 5.14. The summed E-state index contributed by atoms with van der Waals surface area (Å²) in [6.07, 6.45) is 10.8. The molecule has 1 saturated heterocycles. The minimum absolute atomic E-state index is 0.0271. The molecule has 1 aliphatic heterocycles. The van der Waals surface area contributed by atoms with Crippen LogP contribution in [-0.2, 0) is 19.1 Å². The zero-order chi connectivity index (χ0) is 22.4. The Balaban J connectivity index is 2.44. The molecular weight excluding hydrogens is 378 g/mol. The number of nitrogens with zero attached hydrogens (tertiary/aromatic N) is 1. The molecular formula is C25H45NO4. The lowest BCUT2D eigenvalue weighted by molar-refractivity contribution is -0.123. The van der Waals surface area contributed by atoms with Crippen LogP contribution in [0.15, 0.2) is 0 Å². The monoisotopic (exact) mass is 423 g/mol. The van der Waals surface area contributed by atoms with Crippen LogP contribution in [0.2, 0.25) is 0 Å². The van der Waals surface area contributed by atoms with Crippen LogP contribution < -0.4 is 0 Å². The topological polar surface area (TPSA) is 63.7 Å². The third-order valence-corrected chi connectivity index (χ3v) is 5.94. The highest BCUT2D eigenvalue weighted by Gasteiger charge is 2.36. The summed E-state index contributed by atoms with van der Waals surface area (Å²) in [5.41, 5.74) is 0. The van der Waals surface area contributed by atoms with Gasteiger partial charge in [-0.3, -0.25) is 9.69 Å². The fraction of sp³-hybridized carbons (Fsp3) is 0.880. The first-order valence-corrected chi connectivity index (χ1v) is 12.2. The number of rotatable bonds is 18. The van der Waals surface area contributed by atoms with E-state index in [0.29, 0.717) is 31.0 Å². The Morgan fingerprint density at radius 3 is 2.07 bits per heavy atom. The molecule has 1 heterocycles. The zero-order valence-corrected chi connectivity index (χ0v) is 19.9. The number of hydrogen-bond acceptors (Lipinski definition) is 5. The molecule has 0 saturated carbocycles. The van der Waals surface area contributed by atoms with Crippen molar-refractivity contribution in [2.24, 2.45) is 5.92 Å². The van der Waals surface area contributed by atoms with Gasteiger partial charge in [-0.05, 0) is 71.3 Å². The number of ketones is 3. The second kappa shape index (κ2) is 15.7. The Hall–Kier alpha value is -1.07. The Morgan fingerprint density at radius 2 is 1.47 bits per heavy atom. The number of ether oxygens (including phenoxy) is 1. The lowest BCUT2D eigenvalue weighted by atomic mass is 10.0. The van der Waals surface area contributed by atoms with Crippen molar-refractivity contribution >= 4 is 17.3 Å². The predicted molar refractivity (Wildman–Crippen MR) is 122 cm³/mol. The third-order valence-electron chi connectivity index (χ3n) is 5.94. The van der Waals surface area contributed by atoms with E-state index in [1.807, 2.05) is 0 Å². The molecule has 0 aromatic heterocycles. The second-order valence-corrected chi connectivity index (χ2v) is 9.52. The van der Waals surface area contributed by atoms with Gasteiger partial charge in [0.2, 0.25) is 0 Å². The van der Waals surface area contributed by atoms with Crippen LogP contribution in [0.4, 0.5) is 0 Å². The summed E-state index contributed by atoms with van der Waals surface area (Å²) in [5.74, 6) is 1.50. The number of unbranched alkanes of at least 4 members (excludes halogenated alkanes) is 4. The van der Waals surface area contributed by atoms with E-state index >= 15 is 0 Å². The van der Waals surface area contributed by atoms with Crippen LogP contribution in [0.5, 0.6) is 0 Å². The fourth-order valence-electron chi connectivity index (χ4n) is 4.19. The molecule has 0 spiro atoms. The van der Waals surface area contributed by atoms with Crippen molar-refractivity contribution in [3.05, 3.63) is 0 Å². The van der Waals surface area contributed by atoms with Gasteiger partial charge in [0.25, 0.3) is 0 Å². The standard InChI is InChI=1S/C25H45NO4/c1-20(2)12-11-17-30-23-18-24(25(29)15-9-5-7-13-21(3)27)26(19-23)16-10-6-8-14-22(4)28/h20,23-24H,5-19H2,1-4H3. The SMILES string of the molecule is CC(=O)CCCCCC(=O)C1CC(OCCCC(C)C)CN1CCCCCC(C)=O. The van der Waals surface area contributed by atoms with Gasteiger partial charge in [0.15, 0.2) is 0 Å². The van der Waals surface area contributed by atoms with Crippen molar-refractivity contribution in [3.63, 3.8) is 0 Å². The van der Waals surface area contributed by atoms with Gasteiger partial charge in [0.1, 0.15) is 17.3 Å². The van der Waals surface area contributed by atoms with Crippen molar-refractivity contribution in [2.75, 3.05) is 19.7 Å². The minimum atomic E-state index is -0.0271. The summed E-state index contributed by atoms with van der Waals surface area (Å²) in [7, 11) is 0. The van der Waals surface area contributed by atoms with Crippen LogP contribution in [0, 0.1) is 5.92 Å². The first-order valence-electron chi connectivity index (χ1n) is 12.2. The maximum absolute atomic E-state index is 12.9. The summed E-state index contributed by atoms with van der Waals surface area (Å²) in [6.45, 7) is 10.3. The molecule has 1 fully saturated rings. The van der Waals surface area contributed by atoms with Gasteiger partial charge in [0, 0.05) is 32.4 Å². The van der Waals surface area contributed by atoms with Gasteiger partial charge in [0.05, 0.1) is 12.1 Å². The average molecular weight is 424 g/mol. The Kier molecular flexibility index (Phi) is 14.1. The molecule has 0 aromatic rings. The number of likely N-dealkylation sites (tertiary alicyclic amines) is 1. The Morgan fingerprint density at radius 1 is 0.867 bits per heavy atom. The highest BCUT2D eigenvalue weighted by molar-refractivity contribution is 5.84. The second-order valence-electron chi connectivity index (χ2n) is 9.52. The quantitative estimate of drug-likeness (QED) is 0.286. The molecule has 0 radical (unpaired) electrons. The van der Waals surface area contributed by atoms with E-state index in [1.165, 1.54) is 6.42 Å². The molecule has 5 nitrogen and oxygen atoms in total. The molecule has 5 heteroatoms. The van der Waals surface area contributed by atoms with Gasteiger partial charge < -0.3 is 14.3 Å². The van der Waals surface area contributed by atoms with Gasteiger partial charge >= 0.3 is 0 Å². The van der Waals surface area contributed by atoms with E-state index in [-0.39, 0.29) is 23.7 Å². The summed E-state index contributed by atoms with van der Waals surface area (Å²) in [6, 6.07) is -0.0271. The molecule has 2 atom stereocenters. The molecule has 0 bridgehead atoms. The highest BCUT2D eigenvalue weighted by Crippen LogP contribution is 2.24. The van der Waals surface area contributed by atoms with Gasteiger partial charge in [-0.2, -0.15) is 0 Å². The smallest absolute Gasteiger partial charge is 0.150 e.